The Hall–Kier alpha value is -2.89. The largest absolute Gasteiger partial charge is 0.347 e. The molecule has 36 heavy (non-hydrogen) atoms. The zero-order valence-electron chi connectivity index (χ0n) is 20.3. The van der Waals surface area contributed by atoms with Crippen LogP contribution in [0.4, 0.5) is 4.39 Å². The fraction of sp³-hybridized carbons (Fsp3) is 0.480. The minimum Gasteiger partial charge on any atom is -0.347 e. The van der Waals surface area contributed by atoms with Crippen molar-refractivity contribution in [2.75, 3.05) is 45.9 Å². The molecule has 1 fully saturated rings. The van der Waals surface area contributed by atoms with Crippen molar-refractivity contribution in [3.05, 3.63) is 48.0 Å². The topological polar surface area (TPSA) is 116 Å². The molecule has 2 N–H and O–H groups in total. The van der Waals surface area contributed by atoms with Gasteiger partial charge in [0.15, 0.2) is 5.78 Å². The summed E-state index contributed by atoms with van der Waals surface area (Å²) in [7, 11) is -2.97. The predicted octanol–water partition coefficient (Wildman–Crippen LogP) is 1.21. The third kappa shape index (κ3) is 7.81. The summed E-state index contributed by atoms with van der Waals surface area (Å²) >= 11 is 0. The lowest BCUT2D eigenvalue weighted by Crippen LogP contribution is -2.45. The number of carbonyl (C=O) groups excluding carboxylic acids is 3. The van der Waals surface area contributed by atoms with E-state index in [2.05, 4.69) is 52.8 Å². The standard InChI is InChI=1S/C25H33FN4O5S/c1-18(22-8-4-6-20-5-2-3-7-23(20)22)29-11-9-19(10-12-29)16-30(36(34)35)17-25(33)28-15-24(32)27-14-21(31)13-26/h2-8,18-19,36H,9-17H2,1H3,(H,27,32)(H,28,33). The van der Waals surface area contributed by atoms with Crippen LogP contribution in [-0.2, 0) is 25.3 Å². The van der Waals surface area contributed by atoms with Gasteiger partial charge in [-0.3, -0.25) is 19.3 Å². The summed E-state index contributed by atoms with van der Waals surface area (Å²) in [6, 6.07) is 14.9. The molecule has 2 amide bonds. The number of nitrogens with zero attached hydrogens (tertiary/aromatic N) is 2. The Labute approximate surface area is 212 Å². The van der Waals surface area contributed by atoms with Crippen molar-refractivity contribution in [3.8, 4) is 0 Å². The molecule has 9 nitrogen and oxygen atoms in total. The zero-order valence-corrected chi connectivity index (χ0v) is 21.2. The molecular formula is C25H33FN4O5S. The van der Waals surface area contributed by atoms with Crippen LogP contribution in [0.2, 0.25) is 0 Å². The first-order valence-electron chi connectivity index (χ1n) is 12.0. The lowest BCUT2D eigenvalue weighted by molar-refractivity contribution is -0.127. The van der Waals surface area contributed by atoms with Crippen LogP contribution in [0.15, 0.2) is 42.5 Å². The van der Waals surface area contributed by atoms with Gasteiger partial charge >= 0.3 is 0 Å². The number of fused-ring (bicyclic) bond motifs is 1. The highest BCUT2D eigenvalue weighted by atomic mass is 32.2. The molecule has 196 valence electrons. The molecule has 2 aromatic rings. The third-order valence-corrected chi connectivity index (χ3v) is 7.34. The second-order valence-corrected chi connectivity index (χ2v) is 10.1. The summed E-state index contributed by atoms with van der Waals surface area (Å²) in [6.07, 6.45) is 1.61. The fourth-order valence-corrected chi connectivity index (χ4v) is 5.14. The number of nitrogens with one attached hydrogen (secondary N) is 2. The fourth-order valence-electron chi connectivity index (χ4n) is 4.53. The van der Waals surface area contributed by atoms with E-state index in [4.69, 9.17) is 0 Å². The minimum absolute atomic E-state index is 0.122. The first kappa shape index (κ1) is 27.7. The van der Waals surface area contributed by atoms with Crippen LogP contribution in [-0.4, -0.2) is 81.2 Å². The van der Waals surface area contributed by atoms with Crippen molar-refractivity contribution in [2.45, 2.75) is 25.8 Å². The Morgan fingerprint density at radius 1 is 1.03 bits per heavy atom. The Bertz CT molecular complexity index is 1140. The van der Waals surface area contributed by atoms with Gasteiger partial charge in [0.2, 0.25) is 22.7 Å². The van der Waals surface area contributed by atoms with Gasteiger partial charge in [-0.05, 0) is 55.1 Å². The summed E-state index contributed by atoms with van der Waals surface area (Å²) in [6.45, 7) is 1.62. The monoisotopic (exact) mass is 520 g/mol. The molecule has 0 radical (unpaired) electrons. The Morgan fingerprint density at radius 3 is 2.39 bits per heavy atom. The van der Waals surface area contributed by atoms with Crippen LogP contribution >= 0.6 is 0 Å². The van der Waals surface area contributed by atoms with Crippen molar-refractivity contribution in [3.63, 3.8) is 0 Å². The molecule has 0 saturated carbocycles. The number of carbonyl (C=O) groups is 3. The minimum atomic E-state index is -2.97. The zero-order chi connectivity index (χ0) is 26.1. The van der Waals surface area contributed by atoms with Gasteiger partial charge in [-0.15, -0.1) is 0 Å². The molecule has 0 spiro atoms. The molecule has 1 aliphatic rings. The SMILES string of the molecule is CC(c1cccc2ccccc12)N1CCC(CN(CC(=O)NCC(=O)NCC(=O)CF)[SH](=O)=O)CC1. The number of hydrogen-bond acceptors (Lipinski definition) is 6. The van der Waals surface area contributed by atoms with Gasteiger partial charge in [-0.25, -0.2) is 12.8 Å². The first-order valence-corrected chi connectivity index (χ1v) is 13.1. The highest BCUT2D eigenvalue weighted by molar-refractivity contribution is 7.69. The molecule has 1 atom stereocenters. The highest BCUT2D eigenvalue weighted by Gasteiger charge is 2.27. The van der Waals surface area contributed by atoms with E-state index in [1.807, 2.05) is 12.1 Å². The number of halogens is 1. The van der Waals surface area contributed by atoms with Crippen molar-refractivity contribution in [1.82, 2.24) is 19.8 Å². The van der Waals surface area contributed by atoms with Gasteiger partial charge in [0.25, 0.3) is 0 Å². The molecule has 0 aliphatic carbocycles. The molecule has 1 heterocycles. The Morgan fingerprint density at radius 2 is 1.69 bits per heavy atom. The van der Waals surface area contributed by atoms with Crippen LogP contribution in [0.3, 0.4) is 0 Å². The molecule has 0 bridgehead atoms. The van der Waals surface area contributed by atoms with Gasteiger partial charge in [0, 0.05) is 12.6 Å². The average molecular weight is 521 g/mol. The van der Waals surface area contributed by atoms with Crippen LogP contribution in [0.5, 0.6) is 0 Å². The van der Waals surface area contributed by atoms with E-state index < -0.39 is 48.3 Å². The van der Waals surface area contributed by atoms with E-state index in [1.54, 1.807) is 0 Å². The number of ketones is 1. The number of rotatable bonds is 12. The van der Waals surface area contributed by atoms with Gasteiger partial charge in [-0.2, -0.15) is 4.31 Å². The number of piperidine rings is 1. The lowest BCUT2D eigenvalue weighted by atomic mass is 9.93. The predicted molar refractivity (Wildman–Crippen MR) is 136 cm³/mol. The number of alkyl halides is 1. The van der Waals surface area contributed by atoms with Crippen molar-refractivity contribution >= 4 is 39.3 Å². The molecule has 0 aromatic heterocycles. The summed E-state index contributed by atoms with van der Waals surface area (Å²) in [4.78, 5) is 37.1. The maximum absolute atomic E-state index is 12.2. The van der Waals surface area contributed by atoms with E-state index >= 15 is 0 Å². The summed E-state index contributed by atoms with van der Waals surface area (Å²) in [5, 5.41) is 6.95. The third-order valence-electron chi connectivity index (χ3n) is 6.57. The number of thiol groups is 1. The Balaban J connectivity index is 1.47. The second-order valence-electron chi connectivity index (χ2n) is 9.03. The average Bonchev–Trinajstić information content (AvgIpc) is 2.89. The molecule has 1 saturated heterocycles. The first-order chi connectivity index (χ1) is 17.3. The normalized spacial score (nSPS) is 15.8. The van der Waals surface area contributed by atoms with Crippen LogP contribution in [0.1, 0.15) is 31.4 Å². The van der Waals surface area contributed by atoms with E-state index in [9.17, 15) is 27.2 Å². The molecule has 1 unspecified atom stereocenters. The summed E-state index contributed by atoms with van der Waals surface area (Å²) in [5.41, 5.74) is 1.27. The van der Waals surface area contributed by atoms with Crippen molar-refractivity contribution in [1.29, 1.82) is 0 Å². The second kappa shape index (κ2) is 13.4. The van der Waals surface area contributed by atoms with Crippen LogP contribution < -0.4 is 10.6 Å². The van der Waals surface area contributed by atoms with Gasteiger partial charge in [0.05, 0.1) is 19.6 Å². The van der Waals surface area contributed by atoms with E-state index in [0.717, 1.165) is 30.2 Å². The van der Waals surface area contributed by atoms with Gasteiger partial charge < -0.3 is 10.6 Å². The summed E-state index contributed by atoms with van der Waals surface area (Å²) < 4.78 is 36.7. The number of likely N-dealkylation sites (tertiary alicyclic amines) is 1. The number of amides is 2. The number of benzene rings is 2. The maximum atomic E-state index is 12.2. The lowest BCUT2D eigenvalue weighted by Gasteiger charge is -2.37. The summed E-state index contributed by atoms with van der Waals surface area (Å²) in [5.74, 6) is -1.93. The number of Topliss-reactive ketones (excluding diaryl/α,β-unsaturated/α-hetero) is 1. The van der Waals surface area contributed by atoms with Crippen molar-refractivity contribution < 1.29 is 27.2 Å². The maximum Gasteiger partial charge on any atom is 0.239 e. The van der Waals surface area contributed by atoms with Gasteiger partial charge in [-0.1, -0.05) is 42.5 Å². The quantitative estimate of drug-likeness (QED) is 0.363. The van der Waals surface area contributed by atoms with Crippen molar-refractivity contribution in [2.24, 2.45) is 5.92 Å². The molecular weight excluding hydrogens is 487 g/mol. The van der Waals surface area contributed by atoms with E-state index in [0.29, 0.717) is 0 Å². The Kier molecular flexibility index (Phi) is 10.3. The molecule has 11 heteroatoms. The molecule has 2 aromatic carbocycles. The van der Waals surface area contributed by atoms with Crippen LogP contribution in [0, 0.1) is 5.92 Å². The van der Waals surface area contributed by atoms with E-state index in [-0.39, 0.29) is 25.0 Å². The van der Waals surface area contributed by atoms with Gasteiger partial charge in [0.1, 0.15) is 6.67 Å². The molecule has 3 rings (SSSR count). The van der Waals surface area contributed by atoms with Crippen LogP contribution in [0.25, 0.3) is 10.8 Å². The highest BCUT2D eigenvalue weighted by Crippen LogP contribution is 2.31. The molecule has 1 aliphatic heterocycles. The van der Waals surface area contributed by atoms with E-state index in [1.165, 1.54) is 16.3 Å². The number of hydrogen-bond donors (Lipinski definition) is 3. The smallest absolute Gasteiger partial charge is 0.239 e.